The van der Waals surface area contributed by atoms with E-state index in [1.54, 1.807) is 6.92 Å². The van der Waals surface area contributed by atoms with Gasteiger partial charge in [0, 0.05) is 32.5 Å². The van der Waals surface area contributed by atoms with E-state index in [4.69, 9.17) is 5.11 Å². The molecule has 0 saturated carbocycles. The van der Waals surface area contributed by atoms with Crippen LogP contribution in [0.4, 0.5) is 0 Å². The molecule has 4 heteroatoms. The van der Waals surface area contributed by atoms with Crippen molar-refractivity contribution in [2.24, 2.45) is 0 Å². The Bertz CT molecular complexity index is 8.75. The van der Waals surface area contributed by atoms with Crippen LogP contribution in [0, 0.1) is 0 Å². The predicted octanol–water partition coefficient (Wildman–Crippen LogP) is -1.65. The van der Waals surface area contributed by atoms with Crippen molar-refractivity contribution in [2.75, 3.05) is 6.61 Å². The molecule has 0 aromatic rings. The van der Waals surface area contributed by atoms with Gasteiger partial charge in [0.2, 0.25) is 0 Å². The smallest absolute Gasteiger partial charge is 0.0402 e. The zero-order valence-electron chi connectivity index (χ0n) is 3.65. The summed E-state index contributed by atoms with van der Waals surface area (Å²) in [7, 11) is 0. The number of aliphatic hydroxyl groups excluding tert-OH is 1. The first-order valence-electron chi connectivity index (χ1n) is 1.02. The second-order valence-electron chi connectivity index (χ2n) is 0.316. The molecule has 0 amide bonds. The first kappa shape index (κ1) is 29.5. The minimum atomic E-state index is 0. The maximum atomic E-state index is 7.57. The molecule has 6 heavy (non-hydrogen) atoms. The minimum absolute atomic E-state index is 0. The SMILES string of the molecule is CCO.O.O.[Hf]. The van der Waals surface area contributed by atoms with Gasteiger partial charge >= 0.3 is 0 Å². The quantitative estimate of drug-likeness (QED) is 0.520. The third-order valence-corrected chi connectivity index (χ3v) is 0. The van der Waals surface area contributed by atoms with Crippen molar-refractivity contribution in [2.45, 2.75) is 6.92 Å². The molecule has 0 aliphatic carbocycles. The molecule has 0 aliphatic rings. The van der Waals surface area contributed by atoms with E-state index in [2.05, 4.69) is 0 Å². The Labute approximate surface area is 55.8 Å². The van der Waals surface area contributed by atoms with Crippen LogP contribution in [-0.4, -0.2) is 22.7 Å². The fourth-order valence-corrected chi connectivity index (χ4v) is 0. The summed E-state index contributed by atoms with van der Waals surface area (Å²) in [6, 6.07) is 0. The van der Waals surface area contributed by atoms with E-state index in [9.17, 15) is 0 Å². The Morgan fingerprint density at radius 2 is 1.33 bits per heavy atom. The van der Waals surface area contributed by atoms with Crippen molar-refractivity contribution in [1.29, 1.82) is 0 Å². The fraction of sp³-hybridized carbons (Fsp3) is 1.00. The standard InChI is InChI=1S/C2H6O.Hf.2H2O/c1-2-3;;;/h3H,2H2,1H3;;2*1H2. The second-order valence-corrected chi connectivity index (χ2v) is 0.316. The average Bonchev–Trinajstić information content (AvgIpc) is 0.918. The van der Waals surface area contributed by atoms with Crippen molar-refractivity contribution in [3.8, 4) is 0 Å². The molecule has 5 N–H and O–H groups in total. The molecule has 0 aromatic heterocycles. The van der Waals surface area contributed by atoms with Gasteiger partial charge < -0.3 is 16.1 Å². The molecule has 0 fully saturated rings. The summed E-state index contributed by atoms with van der Waals surface area (Å²) in [4.78, 5) is 0. The first-order chi connectivity index (χ1) is 1.41. The summed E-state index contributed by atoms with van der Waals surface area (Å²) < 4.78 is 0. The molecule has 0 atom stereocenters. The topological polar surface area (TPSA) is 83.2 Å². The van der Waals surface area contributed by atoms with Gasteiger partial charge in [0.05, 0.1) is 0 Å². The maximum absolute atomic E-state index is 7.57. The second kappa shape index (κ2) is 42.4. The van der Waals surface area contributed by atoms with E-state index in [0.29, 0.717) is 0 Å². The summed E-state index contributed by atoms with van der Waals surface area (Å²) in [6.45, 7) is 1.93. The minimum Gasteiger partial charge on any atom is -0.412 e. The molecule has 0 heterocycles. The van der Waals surface area contributed by atoms with Crippen molar-refractivity contribution in [3.63, 3.8) is 0 Å². The molecule has 0 aliphatic heterocycles. The Morgan fingerprint density at radius 1 is 1.33 bits per heavy atom. The summed E-state index contributed by atoms with van der Waals surface area (Å²) in [5.74, 6) is 0. The van der Waals surface area contributed by atoms with Crippen LogP contribution in [0.5, 0.6) is 0 Å². The van der Waals surface area contributed by atoms with Gasteiger partial charge in [-0.2, -0.15) is 0 Å². The molecular formula is C2H10HfO3. The third kappa shape index (κ3) is 119. The summed E-state index contributed by atoms with van der Waals surface area (Å²) in [5, 5.41) is 7.57. The van der Waals surface area contributed by atoms with Crippen molar-refractivity contribution in [1.82, 2.24) is 0 Å². The van der Waals surface area contributed by atoms with Crippen LogP contribution in [0.15, 0.2) is 0 Å². The Kier molecular flexibility index (Phi) is 208. The summed E-state index contributed by atoms with van der Waals surface area (Å²) in [6.07, 6.45) is 0. The maximum Gasteiger partial charge on any atom is 0.0402 e. The normalized spacial score (nSPS) is 3.00. The van der Waals surface area contributed by atoms with Gasteiger partial charge in [0.15, 0.2) is 0 Å². The molecule has 0 radical (unpaired) electrons. The molecular weight excluding hydrogens is 251 g/mol. The van der Waals surface area contributed by atoms with Crippen LogP contribution in [0.2, 0.25) is 0 Å². The van der Waals surface area contributed by atoms with E-state index < -0.39 is 0 Å². The summed E-state index contributed by atoms with van der Waals surface area (Å²) in [5.41, 5.74) is 0. The van der Waals surface area contributed by atoms with E-state index in [-0.39, 0.29) is 43.4 Å². The van der Waals surface area contributed by atoms with Crippen LogP contribution in [-0.2, 0) is 25.8 Å². The molecule has 40 valence electrons. The molecule has 0 rings (SSSR count). The zero-order valence-corrected chi connectivity index (χ0v) is 7.25. The first-order valence-corrected chi connectivity index (χ1v) is 1.02. The average molecular weight is 261 g/mol. The van der Waals surface area contributed by atoms with Crippen molar-refractivity contribution in [3.05, 3.63) is 0 Å². The largest absolute Gasteiger partial charge is 0.412 e. The van der Waals surface area contributed by atoms with E-state index >= 15 is 0 Å². The van der Waals surface area contributed by atoms with E-state index in [1.807, 2.05) is 0 Å². The van der Waals surface area contributed by atoms with E-state index in [0.717, 1.165) is 0 Å². The van der Waals surface area contributed by atoms with Crippen LogP contribution in [0.3, 0.4) is 0 Å². The molecule has 0 spiro atoms. The van der Waals surface area contributed by atoms with Gasteiger partial charge in [-0.3, -0.25) is 0 Å². The van der Waals surface area contributed by atoms with E-state index in [1.165, 1.54) is 0 Å². The monoisotopic (exact) mass is 262 g/mol. The number of hydrogen-bond donors (Lipinski definition) is 1. The Balaban J connectivity index is -0.00000000667. The number of rotatable bonds is 0. The zero-order chi connectivity index (χ0) is 2.71. The Hall–Kier alpha value is 0.750. The molecule has 0 unspecified atom stereocenters. The van der Waals surface area contributed by atoms with Crippen molar-refractivity contribution >= 4 is 0 Å². The number of aliphatic hydroxyl groups is 1. The molecule has 0 aromatic carbocycles. The third-order valence-electron chi connectivity index (χ3n) is 0. The molecule has 3 nitrogen and oxygen atoms in total. The van der Waals surface area contributed by atoms with Gasteiger partial charge in [-0.1, -0.05) is 0 Å². The van der Waals surface area contributed by atoms with Gasteiger partial charge in [0.25, 0.3) is 0 Å². The van der Waals surface area contributed by atoms with Crippen LogP contribution < -0.4 is 0 Å². The predicted molar refractivity (Wildman–Crippen MR) is 20.0 cm³/mol. The van der Waals surface area contributed by atoms with Crippen LogP contribution in [0.1, 0.15) is 6.92 Å². The van der Waals surface area contributed by atoms with Gasteiger partial charge in [-0.15, -0.1) is 0 Å². The Morgan fingerprint density at radius 3 is 1.33 bits per heavy atom. The number of hydrogen-bond acceptors (Lipinski definition) is 1. The van der Waals surface area contributed by atoms with Gasteiger partial charge in [0.1, 0.15) is 0 Å². The summed E-state index contributed by atoms with van der Waals surface area (Å²) >= 11 is 0. The molecule has 0 saturated heterocycles. The molecule has 0 bridgehead atoms. The fourth-order valence-electron chi connectivity index (χ4n) is 0. The van der Waals surface area contributed by atoms with Gasteiger partial charge in [-0.25, -0.2) is 0 Å². The van der Waals surface area contributed by atoms with Gasteiger partial charge in [-0.05, 0) is 6.92 Å². The van der Waals surface area contributed by atoms with Crippen LogP contribution >= 0.6 is 0 Å². The van der Waals surface area contributed by atoms with Crippen molar-refractivity contribution < 1.29 is 41.9 Å². The van der Waals surface area contributed by atoms with Crippen LogP contribution in [0.25, 0.3) is 0 Å².